The molecule has 154 valence electrons. The van der Waals surface area contributed by atoms with Gasteiger partial charge in [-0.1, -0.05) is 48.0 Å². The Kier molecular flexibility index (Phi) is 6.01. The number of para-hydroxylation sites is 1. The van der Waals surface area contributed by atoms with Crippen molar-refractivity contribution in [3.05, 3.63) is 107 Å². The number of carbonyl (C=O) groups is 2. The van der Waals surface area contributed by atoms with E-state index in [1.807, 2.05) is 71.4 Å². The average molecular weight is 430 g/mol. The highest BCUT2D eigenvalue weighted by atomic mass is 35.5. The molecular weight excluding hydrogens is 410 g/mol. The van der Waals surface area contributed by atoms with Gasteiger partial charge in [-0.3, -0.25) is 4.79 Å². The molecule has 5 heteroatoms. The highest BCUT2D eigenvalue weighted by Gasteiger charge is 2.17. The summed E-state index contributed by atoms with van der Waals surface area (Å²) in [4.78, 5) is 24.7. The predicted octanol–water partition coefficient (Wildman–Crippen LogP) is 5.90. The molecule has 4 rings (SSSR count). The van der Waals surface area contributed by atoms with Crippen LogP contribution in [0.4, 0.5) is 0 Å². The lowest BCUT2D eigenvalue weighted by Gasteiger charge is -2.05. The number of esters is 1. The third-order valence-corrected chi connectivity index (χ3v) is 5.31. The first-order chi connectivity index (χ1) is 15.0. The number of ether oxygens (including phenoxy) is 1. The summed E-state index contributed by atoms with van der Waals surface area (Å²) in [7, 11) is 1.34. The van der Waals surface area contributed by atoms with Crippen LogP contribution in [-0.2, 0) is 16.0 Å². The van der Waals surface area contributed by atoms with E-state index >= 15 is 0 Å². The van der Waals surface area contributed by atoms with E-state index in [9.17, 15) is 9.59 Å². The quantitative estimate of drug-likeness (QED) is 0.218. The molecule has 0 amide bonds. The van der Waals surface area contributed by atoms with E-state index in [1.54, 1.807) is 18.2 Å². The molecule has 0 aliphatic rings. The Labute approximate surface area is 185 Å². The molecule has 0 N–H and O–H groups in total. The lowest BCUT2D eigenvalue weighted by molar-refractivity contribution is -0.134. The van der Waals surface area contributed by atoms with Crippen LogP contribution in [0.5, 0.6) is 0 Å². The van der Waals surface area contributed by atoms with E-state index in [0.717, 1.165) is 27.7 Å². The summed E-state index contributed by atoms with van der Waals surface area (Å²) in [5, 5.41) is 1.47. The van der Waals surface area contributed by atoms with Gasteiger partial charge in [0.2, 0.25) is 0 Å². The van der Waals surface area contributed by atoms with Gasteiger partial charge in [-0.2, -0.15) is 0 Å². The van der Waals surface area contributed by atoms with Crippen molar-refractivity contribution in [1.29, 1.82) is 0 Å². The molecule has 31 heavy (non-hydrogen) atoms. The topological polar surface area (TPSA) is 48.3 Å². The number of aromatic nitrogens is 1. The van der Waals surface area contributed by atoms with Crippen LogP contribution in [0.15, 0.2) is 85.1 Å². The van der Waals surface area contributed by atoms with Gasteiger partial charge in [0.25, 0.3) is 0 Å². The van der Waals surface area contributed by atoms with Crippen molar-refractivity contribution in [2.45, 2.75) is 6.42 Å². The second-order valence-corrected chi connectivity index (χ2v) is 7.54. The minimum Gasteiger partial charge on any atom is -0.466 e. The Morgan fingerprint density at radius 3 is 2.45 bits per heavy atom. The third kappa shape index (κ3) is 4.60. The number of benzene rings is 3. The van der Waals surface area contributed by atoms with Crippen LogP contribution in [0, 0.1) is 0 Å². The molecule has 1 heterocycles. The molecule has 0 aliphatic heterocycles. The maximum atomic E-state index is 13.2. The van der Waals surface area contributed by atoms with Crippen molar-refractivity contribution in [2.24, 2.45) is 0 Å². The maximum Gasteiger partial charge on any atom is 0.330 e. The molecule has 0 spiro atoms. The SMILES string of the molecule is COC(=O)C=Cc1ccc2c(c1)c(C(=O)Cc1ccc(Cl)cc1)cn2-c1ccccc1. The van der Waals surface area contributed by atoms with Crippen LogP contribution in [0.1, 0.15) is 21.5 Å². The van der Waals surface area contributed by atoms with Crippen LogP contribution in [-0.4, -0.2) is 23.4 Å². The summed E-state index contributed by atoms with van der Waals surface area (Å²) in [5.74, 6) is -0.419. The smallest absolute Gasteiger partial charge is 0.330 e. The summed E-state index contributed by atoms with van der Waals surface area (Å²) < 4.78 is 6.68. The minimum atomic E-state index is -0.430. The van der Waals surface area contributed by atoms with Gasteiger partial charge in [0, 0.05) is 40.4 Å². The molecular formula is C26H20ClNO3. The predicted molar refractivity (Wildman–Crippen MR) is 124 cm³/mol. The van der Waals surface area contributed by atoms with Crippen LogP contribution in [0.2, 0.25) is 5.02 Å². The first-order valence-corrected chi connectivity index (χ1v) is 10.2. The number of Topliss-reactive ketones (excluding diaryl/α,β-unsaturated/α-hetero) is 1. The van der Waals surface area contributed by atoms with Gasteiger partial charge in [0.15, 0.2) is 5.78 Å². The molecule has 0 atom stereocenters. The summed E-state index contributed by atoms with van der Waals surface area (Å²) in [6.45, 7) is 0. The Bertz CT molecular complexity index is 1270. The fraction of sp³-hybridized carbons (Fsp3) is 0.0769. The van der Waals surface area contributed by atoms with Gasteiger partial charge >= 0.3 is 5.97 Å². The Morgan fingerprint density at radius 1 is 1.00 bits per heavy atom. The number of carbonyl (C=O) groups excluding carboxylic acids is 2. The molecule has 0 radical (unpaired) electrons. The number of rotatable bonds is 6. The summed E-state index contributed by atoms with van der Waals surface area (Å²) >= 11 is 5.97. The van der Waals surface area contributed by atoms with Gasteiger partial charge in [-0.25, -0.2) is 4.79 Å². The molecule has 0 unspecified atom stereocenters. The second kappa shape index (κ2) is 9.02. The zero-order chi connectivity index (χ0) is 21.8. The zero-order valence-electron chi connectivity index (χ0n) is 16.9. The molecule has 0 aliphatic carbocycles. The minimum absolute atomic E-state index is 0.0103. The molecule has 0 saturated carbocycles. The van der Waals surface area contributed by atoms with Gasteiger partial charge in [0.05, 0.1) is 12.6 Å². The molecule has 0 fully saturated rings. The Balaban J connectivity index is 1.79. The van der Waals surface area contributed by atoms with Gasteiger partial charge < -0.3 is 9.30 Å². The maximum absolute atomic E-state index is 13.2. The second-order valence-electron chi connectivity index (χ2n) is 7.11. The summed E-state index contributed by atoms with van der Waals surface area (Å²) in [6.07, 6.45) is 5.20. The summed E-state index contributed by atoms with van der Waals surface area (Å²) in [5.41, 5.74) is 4.22. The molecule has 4 nitrogen and oxygen atoms in total. The van der Waals surface area contributed by atoms with E-state index in [2.05, 4.69) is 4.74 Å². The first kappa shape index (κ1) is 20.6. The van der Waals surface area contributed by atoms with Crippen molar-refractivity contribution in [3.63, 3.8) is 0 Å². The highest BCUT2D eigenvalue weighted by molar-refractivity contribution is 6.30. The molecule has 1 aromatic heterocycles. The fourth-order valence-electron chi connectivity index (χ4n) is 3.49. The lowest BCUT2D eigenvalue weighted by atomic mass is 10.0. The van der Waals surface area contributed by atoms with E-state index in [0.29, 0.717) is 10.6 Å². The molecule has 0 saturated heterocycles. The number of fused-ring (bicyclic) bond motifs is 1. The number of hydrogen-bond acceptors (Lipinski definition) is 3. The van der Waals surface area contributed by atoms with E-state index in [1.165, 1.54) is 13.2 Å². The van der Waals surface area contributed by atoms with Crippen molar-refractivity contribution in [2.75, 3.05) is 7.11 Å². The molecule has 4 aromatic rings. The van der Waals surface area contributed by atoms with Gasteiger partial charge in [-0.15, -0.1) is 0 Å². The molecule has 3 aromatic carbocycles. The number of ketones is 1. The van der Waals surface area contributed by atoms with Crippen molar-refractivity contribution in [1.82, 2.24) is 4.57 Å². The van der Waals surface area contributed by atoms with E-state index in [4.69, 9.17) is 11.6 Å². The van der Waals surface area contributed by atoms with Crippen LogP contribution in [0.25, 0.3) is 22.7 Å². The standard InChI is InChI=1S/C26H20ClNO3/c1-31-26(30)14-10-18-9-13-24-22(15-18)23(17-28(24)21-5-3-2-4-6-21)25(29)16-19-7-11-20(27)12-8-19/h2-15,17H,16H2,1H3. The Morgan fingerprint density at radius 2 is 1.74 bits per heavy atom. The zero-order valence-corrected chi connectivity index (χ0v) is 17.7. The van der Waals surface area contributed by atoms with E-state index in [-0.39, 0.29) is 12.2 Å². The Hall–Kier alpha value is -3.63. The van der Waals surface area contributed by atoms with Crippen LogP contribution >= 0.6 is 11.6 Å². The van der Waals surface area contributed by atoms with Crippen LogP contribution in [0.3, 0.4) is 0 Å². The van der Waals surface area contributed by atoms with Crippen molar-refractivity contribution >= 4 is 40.3 Å². The normalized spacial score (nSPS) is 11.2. The van der Waals surface area contributed by atoms with Crippen molar-refractivity contribution in [3.8, 4) is 5.69 Å². The number of halogens is 1. The van der Waals surface area contributed by atoms with E-state index < -0.39 is 5.97 Å². The summed E-state index contributed by atoms with van der Waals surface area (Å²) in [6, 6.07) is 23.0. The van der Waals surface area contributed by atoms with Gasteiger partial charge in [-0.05, 0) is 53.6 Å². The van der Waals surface area contributed by atoms with Crippen LogP contribution < -0.4 is 0 Å². The highest BCUT2D eigenvalue weighted by Crippen LogP contribution is 2.28. The third-order valence-electron chi connectivity index (χ3n) is 5.05. The lowest BCUT2D eigenvalue weighted by Crippen LogP contribution is -2.03. The average Bonchev–Trinajstić information content (AvgIpc) is 3.18. The fourth-order valence-corrected chi connectivity index (χ4v) is 3.62. The number of methoxy groups -OCH3 is 1. The largest absolute Gasteiger partial charge is 0.466 e. The van der Waals surface area contributed by atoms with Crippen molar-refractivity contribution < 1.29 is 14.3 Å². The van der Waals surface area contributed by atoms with Gasteiger partial charge in [0.1, 0.15) is 0 Å². The monoisotopic (exact) mass is 429 g/mol. The number of hydrogen-bond donors (Lipinski definition) is 0. The molecule has 0 bridgehead atoms. The number of nitrogens with zero attached hydrogens (tertiary/aromatic N) is 1. The first-order valence-electron chi connectivity index (χ1n) is 9.79.